The zero-order chi connectivity index (χ0) is 13.9. The summed E-state index contributed by atoms with van der Waals surface area (Å²) in [6.45, 7) is 0.994. The molecule has 0 unspecified atom stereocenters. The monoisotopic (exact) mass is 268 g/mol. The minimum atomic E-state index is 0.127. The molecule has 0 saturated carbocycles. The SMILES string of the molecule is Nc1cccc(OCCN2C(=O)Cc3ccccc32)c1. The maximum atomic E-state index is 12.0. The maximum Gasteiger partial charge on any atom is 0.231 e. The molecule has 0 bridgehead atoms. The van der Waals surface area contributed by atoms with Crippen LogP contribution in [0.25, 0.3) is 0 Å². The third-order valence-electron chi connectivity index (χ3n) is 3.37. The molecule has 4 nitrogen and oxygen atoms in total. The molecule has 0 aromatic heterocycles. The number of rotatable bonds is 4. The molecular weight excluding hydrogens is 252 g/mol. The number of hydrogen-bond donors (Lipinski definition) is 1. The summed E-state index contributed by atoms with van der Waals surface area (Å²) in [7, 11) is 0. The largest absolute Gasteiger partial charge is 0.492 e. The van der Waals surface area contributed by atoms with E-state index >= 15 is 0 Å². The van der Waals surface area contributed by atoms with Crippen molar-refractivity contribution in [2.24, 2.45) is 0 Å². The van der Waals surface area contributed by atoms with Crippen LogP contribution in [0.5, 0.6) is 5.75 Å². The van der Waals surface area contributed by atoms with Gasteiger partial charge in [-0.15, -0.1) is 0 Å². The zero-order valence-corrected chi connectivity index (χ0v) is 11.1. The first-order valence-corrected chi connectivity index (χ1v) is 6.60. The van der Waals surface area contributed by atoms with Gasteiger partial charge in [0.2, 0.25) is 5.91 Å². The summed E-state index contributed by atoms with van der Waals surface area (Å²) in [5.41, 5.74) is 8.44. The Labute approximate surface area is 117 Å². The van der Waals surface area contributed by atoms with Crippen LogP contribution in [-0.4, -0.2) is 19.1 Å². The standard InChI is InChI=1S/C16H16N2O2/c17-13-5-3-6-14(11-13)20-9-8-18-15-7-2-1-4-12(15)10-16(18)19/h1-7,11H,8-10,17H2. The molecule has 0 saturated heterocycles. The fraction of sp³-hybridized carbons (Fsp3) is 0.188. The molecule has 1 amide bonds. The van der Waals surface area contributed by atoms with Crippen molar-refractivity contribution in [3.05, 3.63) is 54.1 Å². The van der Waals surface area contributed by atoms with Crippen LogP contribution in [0.1, 0.15) is 5.56 Å². The zero-order valence-electron chi connectivity index (χ0n) is 11.1. The average Bonchev–Trinajstić information content (AvgIpc) is 2.75. The van der Waals surface area contributed by atoms with Crippen molar-refractivity contribution in [3.8, 4) is 5.75 Å². The molecular formula is C16H16N2O2. The van der Waals surface area contributed by atoms with E-state index in [0.717, 1.165) is 17.0 Å². The Balaban J connectivity index is 1.63. The molecule has 3 rings (SSSR count). The summed E-state index contributed by atoms with van der Waals surface area (Å²) >= 11 is 0. The highest BCUT2D eigenvalue weighted by Crippen LogP contribution is 2.28. The van der Waals surface area contributed by atoms with Crippen LogP contribution in [-0.2, 0) is 11.2 Å². The van der Waals surface area contributed by atoms with Crippen molar-refractivity contribution in [3.63, 3.8) is 0 Å². The lowest BCUT2D eigenvalue weighted by molar-refractivity contribution is -0.117. The van der Waals surface area contributed by atoms with Gasteiger partial charge in [-0.1, -0.05) is 24.3 Å². The molecule has 102 valence electrons. The Hall–Kier alpha value is -2.49. The number of hydrogen-bond acceptors (Lipinski definition) is 3. The van der Waals surface area contributed by atoms with E-state index < -0.39 is 0 Å². The number of benzene rings is 2. The van der Waals surface area contributed by atoms with E-state index in [9.17, 15) is 4.79 Å². The third-order valence-corrected chi connectivity index (χ3v) is 3.37. The van der Waals surface area contributed by atoms with Gasteiger partial charge in [0.25, 0.3) is 0 Å². The number of amides is 1. The quantitative estimate of drug-likeness (QED) is 0.865. The molecule has 0 fully saturated rings. The summed E-state index contributed by atoms with van der Waals surface area (Å²) < 4.78 is 5.64. The van der Waals surface area contributed by atoms with E-state index in [0.29, 0.717) is 25.3 Å². The molecule has 2 aromatic rings. The fourth-order valence-electron chi connectivity index (χ4n) is 2.42. The summed E-state index contributed by atoms with van der Waals surface area (Å²) in [6, 6.07) is 15.2. The van der Waals surface area contributed by atoms with Crippen LogP contribution in [0, 0.1) is 0 Å². The Morgan fingerprint density at radius 1 is 1.15 bits per heavy atom. The van der Waals surface area contributed by atoms with Crippen molar-refractivity contribution >= 4 is 17.3 Å². The van der Waals surface area contributed by atoms with Gasteiger partial charge < -0.3 is 15.4 Å². The number of nitrogen functional groups attached to an aromatic ring is 1. The van der Waals surface area contributed by atoms with Crippen LogP contribution in [0.15, 0.2) is 48.5 Å². The molecule has 0 aliphatic carbocycles. The summed E-state index contributed by atoms with van der Waals surface area (Å²) in [4.78, 5) is 13.8. The fourth-order valence-corrected chi connectivity index (χ4v) is 2.42. The first-order chi connectivity index (χ1) is 9.74. The second-order valence-electron chi connectivity index (χ2n) is 4.77. The highest BCUT2D eigenvalue weighted by atomic mass is 16.5. The van der Waals surface area contributed by atoms with Crippen molar-refractivity contribution in [1.82, 2.24) is 0 Å². The normalized spacial score (nSPS) is 13.4. The molecule has 2 N–H and O–H groups in total. The van der Waals surface area contributed by atoms with E-state index in [1.165, 1.54) is 0 Å². The second-order valence-corrected chi connectivity index (χ2v) is 4.77. The van der Waals surface area contributed by atoms with Gasteiger partial charge in [0.1, 0.15) is 12.4 Å². The van der Waals surface area contributed by atoms with Gasteiger partial charge in [0.15, 0.2) is 0 Å². The predicted molar refractivity (Wildman–Crippen MR) is 78.8 cm³/mol. The van der Waals surface area contributed by atoms with Crippen LogP contribution in [0.4, 0.5) is 11.4 Å². The van der Waals surface area contributed by atoms with E-state index in [-0.39, 0.29) is 5.91 Å². The summed E-state index contributed by atoms with van der Waals surface area (Å²) in [5.74, 6) is 0.854. The number of nitrogens with two attached hydrogens (primary N) is 1. The van der Waals surface area contributed by atoms with Crippen LogP contribution < -0.4 is 15.4 Å². The van der Waals surface area contributed by atoms with Crippen molar-refractivity contribution in [2.75, 3.05) is 23.8 Å². The van der Waals surface area contributed by atoms with E-state index in [4.69, 9.17) is 10.5 Å². The first-order valence-electron chi connectivity index (χ1n) is 6.60. The number of carbonyl (C=O) groups excluding carboxylic acids is 1. The molecule has 0 radical (unpaired) electrons. The molecule has 2 aromatic carbocycles. The topological polar surface area (TPSA) is 55.6 Å². The summed E-state index contributed by atoms with van der Waals surface area (Å²) in [5, 5.41) is 0. The second kappa shape index (κ2) is 5.25. The molecule has 4 heteroatoms. The predicted octanol–water partition coefficient (Wildman–Crippen LogP) is 2.24. The van der Waals surface area contributed by atoms with Gasteiger partial charge in [-0.25, -0.2) is 0 Å². The number of fused-ring (bicyclic) bond motifs is 1. The van der Waals surface area contributed by atoms with Gasteiger partial charge in [0, 0.05) is 17.4 Å². The molecule has 0 atom stereocenters. The van der Waals surface area contributed by atoms with Gasteiger partial charge >= 0.3 is 0 Å². The average molecular weight is 268 g/mol. The van der Waals surface area contributed by atoms with Gasteiger partial charge in [-0.05, 0) is 23.8 Å². The molecule has 0 spiro atoms. The Morgan fingerprint density at radius 2 is 2.00 bits per heavy atom. The van der Waals surface area contributed by atoms with E-state index in [1.54, 1.807) is 11.0 Å². The smallest absolute Gasteiger partial charge is 0.231 e. The van der Waals surface area contributed by atoms with E-state index in [2.05, 4.69) is 0 Å². The van der Waals surface area contributed by atoms with Gasteiger partial charge in [0.05, 0.1) is 13.0 Å². The number of carbonyl (C=O) groups is 1. The third kappa shape index (κ3) is 2.45. The summed E-state index contributed by atoms with van der Waals surface area (Å²) in [6.07, 6.45) is 0.481. The lowest BCUT2D eigenvalue weighted by atomic mass is 10.2. The number of ether oxygens (including phenoxy) is 1. The van der Waals surface area contributed by atoms with Gasteiger partial charge in [-0.2, -0.15) is 0 Å². The number of nitrogens with zero attached hydrogens (tertiary/aromatic N) is 1. The van der Waals surface area contributed by atoms with Crippen LogP contribution in [0.3, 0.4) is 0 Å². The van der Waals surface area contributed by atoms with E-state index in [1.807, 2.05) is 42.5 Å². The Bertz CT molecular complexity index is 640. The lowest BCUT2D eigenvalue weighted by Gasteiger charge is -2.17. The first kappa shape index (κ1) is 12.5. The highest BCUT2D eigenvalue weighted by molar-refractivity contribution is 6.01. The molecule has 1 aliphatic heterocycles. The Morgan fingerprint density at radius 3 is 2.85 bits per heavy atom. The molecule has 1 aliphatic rings. The number of para-hydroxylation sites is 1. The lowest BCUT2D eigenvalue weighted by Crippen LogP contribution is -2.31. The highest BCUT2D eigenvalue weighted by Gasteiger charge is 2.26. The minimum Gasteiger partial charge on any atom is -0.492 e. The molecule has 1 heterocycles. The van der Waals surface area contributed by atoms with Crippen molar-refractivity contribution in [2.45, 2.75) is 6.42 Å². The van der Waals surface area contributed by atoms with Crippen LogP contribution in [0.2, 0.25) is 0 Å². The minimum absolute atomic E-state index is 0.127. The van der Waals surface area contributed by atoms with Crippen molar-refractivity contribution < 1.29 is 9.53 Å². The molecule has 20 heavy (non-hydrogen) atoms. The van der Waals surface area contributed by atoms with Crippen LogP contribution >= 0.6 is 0 Å². The van der Waals surface area contributed by atoms with Crippen molar-refractivity contribution in [1.29, 1.82) is 0 Å². The Kier molecular flexibility index (Phi) is 3.29. The number of anilines is 2. The van der Waals surface area contributed by atoms with Gasteiger partial charge in [-0.3, -0.25) is 4.79 Å². The maximum absolute atomic E-state index is 12.0.